The molecule has 250 valence electrons. The molecule has 15 heteroatoms. The summed E-state index contributed by atoms with van der Waals surface area (Å²) >= 11 is 0. The molecule has 0 saturated heterocycles. The number of carbonyl (C=O) groups excluding carboxylic acids is 4. The second-order valence-corrected chi connectivity index (χ2v) is 10.9. The molecule has 5 N–H and O–H groups in total. The van der Waals surface area contributed by atoms with Crippen LogP contribution in [0.15, 0.2) is 42.9 Å². The molecule has 5 rings (SSSR count). The Balaban J connectivity index is 0.00000160. The van der Waals surface area contributed by atoms with Crippen LogP contribution in [0, 0.1) is 0 Å². The molecule has 15 nitrogen and oxygen atoms in total. The Morgan fingerprint density at radius 2 is 1.96 bits per heavy atom. The number of carbonyl (C=O) groups is 5. The van der Waals surface area contributed by atoms with Crippen LogP contribution in [0.3, 0.4) is 0 Å². The zero-order chi connectivity index (χ0) is 33.6. The Kier molecular flexibility index (Phi) is 12.7. The molecule has 1 atom stereocenters. The van der Waals surface area contributed by atoms with Crippen LogP contribution in [0.5, 0.6) is 11.6 Å². The average molecular weight is 650 g/mol. The summed E-state index contributed by atoms with van der Waals surface area (Å²) in [4.78, 5) is 74.3. The van der Waals surface area contributed by atoms with Gasteiger partial charge in [-0.25, -0.2) is 9.97 Å². The van der Waals surface area contributed by atoms with E-state index in [2.05, 4.69) is 30.9 Å². The fourth-order valence-corrected chi connectivity index (χ4v) is 5.33. The molecule has 2 aromatic heterocycles. The van der Waals surface area contributed by atoms with Crippen LogP contribution in [0.4, 0.5) is 0 Å². The number of nitrogens with one attached hydrogen (secondary N) is 4. The largest absolute Gasteiger partial charge is 0.492 e. The average Bonchev–Trinajstić information content (AvgIpc) is 3.76. The number of aryl methyl sites for hydroxylation is 2. The molecular formula is C32H39N7O8. The van der Waals surface area contributed by atoms with Crippen molar-refractivity contribution >= 4 is 30.1 Å². The number of methoxy groups -OCH3 is 1. The predicted molar refractivity (Wildman–Crippen MR) is 168 cm³/mol. The molecule has 3 heterocycles. The zero-order valence-corrected chi connectivity index (χ0v) is 26.1. The van der Waals surface area contributed by atoms with Gasteiger partial charge in [-0.05, 0) is 61.9 Å². The van der Waals surface area contributed by atoms with Gasteiger partial charge in [-0.1, -0.05) is 6.07 Å². The first-order chi connectivity index (χ1) is 22.8. The SMILES string of the molecule is COc1nc2c(cc1C(=O)N1CCCCNC(=O)[C@H](Cc3cnc[nH]3)NC(=O)c3cccc(c3)OCCNC(=O)C1)CCC2.O=CO. The highest BCUT2D eigenvalue weighted by Gasteiger charge is 2.27. The number of fused-ring (bicyclic) bond motifs is 3. The Bertz CT molecular complexity index is 1550. The number of carboxylic acid groups (broad SMARTS) is 1. The summed E-state index contributed by atoms with van der Waals surface area (Å²) in [6.07, 6.45) is 7.06. The molecule has 2 aliphatic rings. The molecule has 4 amide bonds. The summed E-state index contributed by atoms with van der Waals surface area (Å²) in [6.45, 7) is 0.532. The van der Waals surface area contributed by atoms with E-state index in [4.69, 9.17) is 19.4 Å². The van der Waals surface area contributed by atoms with Gasteiger partial charge in [0.05, 0.1) is 26.5 Å². The third kappa shape index (κ3) is 9.76. The number of imidazole rings is 1. The minimum Gasteiger partial charge on any atom is -0.492 e. The summed E-state index contributed by atoms with van der Waals surface area (Å²) in [7, 11) is 1.48. The lowest BCUT2D eigenvalue weighted by Gasteiger charge is -2.23. The molecule has 0 unspecified atom stereocenters. The Hall–Kier alpha value is -5.47. The van der Waals surface area contributed by atoms with Crippen molar-refractivity contribution in [2.24, 2.45) is 0 Å². The van der Waals surface area contributed by atoms with Crippen LogP contribution in [0.25, 0.3) is 0 Å². The zero-order valence-electron chi connectivity index (χ0n) is 26.1. The second kappa shape index (κ2) is 17.3. The van der Waals surface area contributed by atoms with Crippen LogP contribution >= 0.6 is 0 Å². The minimum absolute atomic E-state index is 0.151. The lowest BCUT2D eigenvalue weighted by atomic mass is 10.1. The number of pyridine rings is 1. The second-order valence-electron chi connectivity index (χ2n) is 10.9. The van der Waals surface area contributed by atoms with Gasteiger partial charge in [0.15, 0.2) is 0 Å². The lowest BCUT2D eigenvalue weighted by Crippen LogP contribution is -2.48. The number of rotatable bonds is 4. The lowest BCUT2D eigenvalue weighted by molar-refractivity contribution is -0.123. The number of nitrogens with zero attached hydrogens (tertiary/aromatic N) is 3. The van der Waals surface area contributed by atoms with Gasteiger partial charge in [0.2, 0.25) is 17.7 Å². The molecule has 2 bridgehead atoms. The Morgan fingerprint density at radius 1 is 1.13 bits per heavy atom. The van der Waals surface area contributed by atoms with Crippen molar-refractivity contribution < 1.29 is 38.6 Å². The normalized spacial score (nSPS) is 17.5. The first kappa shape index (κ1) is 34.4. The maximum Gasteiger partial charge on any atom is 0.290 e. The molecule has 3 aromatic rings. The number of hydrogen-bond donors (Lipinski definition) is 5. The predicted octanol–water partition coefficient (Wildman–Crippen LogP) is 0.891. The van der Waals surface area contributed by atoms with Crippen molar-refractivity contribution in [3.63, 3.8) is 0 Å². The first-order valence-electron chi connectivity index (χ1n) is 15.3. The van der Waals surface area contributed by atoms with Gasteiger partial charge in [0.25, 0.3) is 18.3 Å². The summed E-state index contributed by atoms with van der Waals surface area (Å²) < 4.78 is 11.2. The van der Waals surface area contributed by atoms with E-state index in [-0.39, 0.29) is 62.7 Å². The molecular weight excluding hydrogens is 610 g/mol. The fourth-order valence-electron chi connectivity index (χ4n) is 5.33. The van der Waals surface area contributed by atoms with Gasteiger partial charge >= 0.3 is 0 Å². The van der Waals surface area contributed by atoms with Crippen LogP contribution in [0.1, 0.15) is 56.9 Å². The topological polar surface area (TPSA) is 205 Å². The van der Waals surface area contributed by atoms with Crippen LogP contribution in [-0.2, 0) is 33.6 Å². The summed E-state index contributed by atoms with van der Waals surface area (Å²) in [5, 5.41) is 15.4. The number of benzene rings is 1. The highest BCUT2D eigenvalue weighted by Crippen LogP contribution is 2.27. The van der Waals surface area contributed by atoms with E-state index >= 15 is 0 Å². The summed E-state index contributed by atoms with van der Waals surface area (Å²) in [6, 6.07) is 7.58. The molecule has 1 aromatic carbocycles. The van der Waals surface area contributed by atoms with Crippen molar-refractivity contribution in [3.8, 4) is 11.6 Å². The number of aromatic amines is 1. The van der Waals surface area contributed by atoms with E-state index in [1.807, 2.05) is 6.07 Å². The number of hydrogen-bond acceptors (Lipinski definition) is 9. The third-order valence-corrected chi connectivity index (χ3v) is 7.61. The standard InChI is InChI=1S/C31H37N7O6.CH2O2/c1-43-30-24(15-20-6-5-9-25(20)37-30)31(42)38-12-3-2-10-34-29(41)26(16-22-17-32-19-35-22)36-28(40)21-7-4-8-23(14-21)44-13-11-33-27(39)18-38;2-1-3/h4,7-8,14-15,17,19,26H,2-3,5-6,9-13,16,18H2,1H3,(H,32,35)(H,33,39)(H,34,41)(H,36,40);1H,(H,2,3)/t26-;/m0./s1. The van der Waals surface area contributed by atoms with Crippen molar-refractivity contribution in [1.82, 2.24) is 35.8 Å². The van der Waals surface area contributed by atoms with Gasteiger partial charge in [-0.3, -0.25) is 24.0 Å². The number of H-pyrrole nitrogens is 1. The summed E-state index contributed by atoms with van der Waals surface area (Å²) in [5.41, 5.74) is 3.32. The van der Waals surface area contributed by atoms with Crippen LogP contribution in [0.2, 0.25) is 0 Å². The quantitative estimate of drug-likeness (QED) is 0.253. The minimum atomic E-state index is -0.853. The maximum absolute atomic E-state index is 13.7. The van der Waals surface area contributed by atoms with Crippen LogP contribution in [-0.4, -0.2) is 101 Å². The van der Waals surface area contributed by atoms with Gasteiger partial charge in [0, 0.05) is 42.7 Å². The van der Waals surface area contributed by atoms with Gasteiger partial charge < -0.3 is 40.4 Å². The number of amides is 4. The highest BCUT2D eigenvalue weighted by atomic mass is 16.5. The molecule has 0 fully saturated rings. The van der Waals surface area contributed by atoms with Crippen molar-refractivity contribution in [1.29, 1.82) is 0 Å². The third-order valence-electron chi connectivity index (χ3n) is 7.61. The van der Waals surface area contributed by atoms with Gasteiger partial charge in [-0.2, -0.15) is 0 Å². The van der Waals surface area contributed by atoms with E-state index < -0.39 is 11.9 Å². The van der Waals surface area contributed by atoms with E-state index in [9.17, 15) is 19.2 Å². The molecule has 0 spiro atoms. The monoisotopic (exact) mass is 649 g/mol. The fraction of sp³-hybridized carbons (Fsp3) is 0.406. The molecule has 1 aliphatic carbocycles. The number of aromatic nitrogens is 3. The smallest absolute Gasteiger partial charge is 0.290 e. The van der Waals surface area contributed by atoms with Crippen molar-refractivity contribution in [3.05, 3.63) is 70.9 Å². The number of ether oxygens (including phenoxy) is 2. The van der Waals surface area contributed by atoms with Crippen LogP contribution < -0.4 is 25.4 Å². The molecule has 0 radical (unpaired) electrons. The van der Waals surface area contributed by atoms with Crippen molar-refractivity contribution in [2.75, 3.05) is 39.9 Å². The van der Waals surface area contributed by atoms with Gasteiger partial charge in [0.1, 0.15) is 24.0 Å². The maximum atomic E-state index is 13.7. The van der Waals surface area contributed by atoms with E-state index in [1.165, 1.54) is 18.3 Å². The first-order valence-corrected chi connectivity index (χ1v) is 15.3. The molecule has 0 saturated carbocycles. The Labute approximate surface area is 271 Å². The van der Waals surface area contributed by atoms with Crippen molar-refractivity contribution in [2.45, 2.75) is 44.6 Å². The molecule has 47 heavy (non-hydrogen) atoms. The molecule has 1 aliphatic heterocycles. The van der Waals surface area contributed by atoms with E-state index in [1.54, 1.807) is 30.5 Å². The van der Waals surface area contributed by atoms with E-state index in [0.717, 1.165) is 30.5 Å². The van der Waals surface area contributed by atoms with Gasteiger partial charge in [-0.15, -0.1) is 0 Å². The van der Waals surface area contributed by atoms with E-state index in [0.29, 0.717) is 42.0 Å². The summed E-state index contributed by atoms with van der Waals surface area (Å²) in [5.74, 6) is -0.765. The highest BCUT2D eigenvalue weighted by molar-refractivity contribution is 5.99. The Morgan fingerprint density at radius 3 is 2.72 bits per heavy atom.